The van der Waals surface area contributed by atoms with Crippen LogP contribution in [0, 0.1) is 10.8 Å². The molecular weight excluding hydrogens is 198 g/mol. The van der Waals surface area contributed by atoms with Crippen molar-refractivity contribution < 1.29 is 4.79 Å². The molecule has 1 saturated heterocycles. The fourth-order valence-corrected chi connectivity index (χ4v) is 3.66. The van der Waals surface area contributed by atoms with Crippen LogP contribution in [-0.4, -0.2) is 11.9 Å². The van der Waals surface area contributed by atoms with E-state index in [0.717, 1.165) is 12.8 Å². The van der Waals surface area contributed by atoms with Gasteiger partial charge < -0.3 is 5.32 Å². The molecule has 92 valence electrons. The van der Waals surface area contributed by atoms with Crippen LogP contribution in [0.3, 0.4) is 0 Å². The highest BCUT2D eigenvalue weighted by atomic mass is 16.2. The van der Waals surface area contributed by atoms with Crippen LogP contribution < -0.4 is 5.32 Å². The Morgan fingerprint density at radius 3 is 2.69 bits per heavy atom. The van der Waals surface area contributed by atoms with Crippen LogP contribution in [0.1, 0.15) is 65.7 Å². The van der Waals surface area contributed by atoms with Gasteiger partial charge in [-0.1, -0.05) is 27.2 Å². The zero-order chi connectivity index (χ0) is 11.8. The van der Waals surface area contributed by atoms with Crippen molar-refractivity contribution in [3.05, 3.63) is 0 Å². The maximum absolute atomic E-state index is 11.6. The van der Waals surface area contributed by atoms with Gasteiger partial charge >= 0.3 is 0 Å². The number of hydrogen-bond acceptors (Lipinski definition) is 1. The third-order valence-corrected chi connectivity index (χ3v) is 4.82. The fourth-order valence-electron chi connectivity index (χ4n) is 3.66. The van der Waals surface area contributed by atoms with Crippen LogP contribution in [0.25, 0.3) is 0 Å². The first-order valence-corrected chi connectivity index (χ1v) is 6.77. The van der Waals surface area contributed by atoms with Crippen LogP contribution in [0.4, 0.5) is 0 Å². The molecule has 2 rings (SSSR count). The van der Waals surface area contributed by atoms with Crippen LogP contribution in [0.2, 0.25) is 0 Å². The number of rotatable bonds is 1. The monoisotopic (exact) mass is 223 g/mol. The fraction of sp³-hybridized carbons (Fsp3) is 0.929. The summed E-state index contributed by atoms with van der Waals surface area (Å²) in [5, 5.41) is 3.18. The molecule has 2 aliphatic rings. The van der Waals surface area contributed by atoms with Gasteiger partial charge in [0, 0.05) is 12.5 Å². The van der Waals surface area contributed by atoms with Crippen molar-refractivity contribution in [1.82, 2.24) is 5.32 Å². The number of carbonyl (C=O) groups excluding carboxylic acids is 1. The molecule has 2 atom stereocenters. The second-order valence-corrected chi connectivity index (χ2v) is 6.59. The van der Waals surface area contributed by atoms with E-state index in [4.69, 9.17) is 0 Å². The number of nitrogens with one attached hydrogen (secondary N) is 1. The molecule has 0 bridgehead atoms. The van der Waals surface area contributed by atoms with E-state index in [1.807, 2.05) is 0 Å². The molecule has 2 unspecified atom stereocenters. The Labute approximate surface area is 99.2 Å². The van der Waals surface area contributed by atoms with Gasteiger partial charge in [-0.15, -0.1) is 0 Å². The van der Waals surface area contributed by atoms with E-state index >= 15 is 0 Å². The summed E-state index contributed by atoms with van der Waals surface area (Å²) in [4.78, 5) is 11.6. The molecule has 0 radical (unpaired) electrons. The van der Waals surface area contributed by atoms with E-state index in [9.17, 15) is 4.79 Å². The molecule has 0 aromatic carbocycles. The van der Waals surface area contributed by atoms with Crippen molar-refractivity contribution in [1.29, 1.82) is 0 Å². The lowest BCUT2D eigenvalue weighted by Gasteiger charge is -2.33. The Bertz CT molecular complexity index is 284. The Balaban J connectivity index is 2.15. The van der Waals surface area contributed by atoms with Gasteiger partial charge in [-0.3, -0.25) is 4.79 Å². The van der Waals surface area contributed by atoms with Gasteiger partial charge in [0.1, 0.15) is 0 Å². The Morgan fingerprint density at radius 2 is 2.00 bits per heavy atom. The van der Waals surface area contributed by atoms with E-state index in [0.29, 0.717) is 16.9 Å². The highest BCUT2D eigenvalue weighted by Gasteiger charge is 2.47. The van der Waals surface area contributed by atoms with Crippen LogP contribution >= 0.6 is 0 Å². The second-order valence-electron chi connectivity index (χ2n) is 6.59. The zero-order valence-electron chi connectivity index (χ0n) is 10.9. The molecule has 1 spiro atoms. The Hall–Kier alpha value is -0.530. The third kappa shape index (κ3) is 2.11. The normalized spacial score (nSPS) is 38.4. The molecule has 1 N–H and O–H groups in total. The lowest BCUT2D eigenvalue weighted by Crippen LogP contribution is -2.36. The number of carbonyl (C=O) groups is 1. The van der Waals surface area contributed by atoms with Crippen LogP contribution in [-0.2, 0) is 4.79 Å². The minimum absolute atomic E-state index is 0.284. The van der Waals surface area contributed by atoms with Crippen molar-refractivity contribution >= 4 is 5.91 Å². The Kier molecular flexibility index (Phi) is 3.02. The van der Waals surface area contributed by atoms with E-state index in [2.05, 4.69) is 26.1 Å². The molecule has 1 aliphatic carbocycles. The van der Waals surface area contributed by atoms with Crippen molar-refractivity contribution in [3.63, 3.8) is 0 Å². The van der Waals surface area contributed by atoms with Gasteiger partial charge in [-0.25, -0.2) is 0 Å². The molecule has 0 aromatic heterocycles. The van der Waals surface area contributed by atoms with Gasteiger partial charge in [0.15, 0.2) is 0 Å². The quantitative estimate of drug-likeness (QED) is 0.726. The number of amides is 1. The number of hydrogen-bond donors (Lipinski definition) is 1. The summed E-state index contributed by atoms with van der Waals surface area (Å²) in [6, 6.07) is 0.439. The van der Waals surface area contributed by atoms with Crippen molar-refractivity contribution in [2.24, 2.45) is 10.8 Å². The van der Waals surface area contributed by atoms with Crippen molar-refractivity contribution in [2.75, 3.05) is 0 Å². The van der Waals surface area contributed by atoms with Crippen molar-refractivity contribution in [2.45, 2.75) is 71.8 Å². The molecule has 1 heterocycles. The predicted molar refractivity (Wildman–Crippen MR) is 66.1 cm³/mol. The largest absolute Gasteiger partial charge is 0.353 e. The summed E-state index contributed by atoms with van der Waals surface area (Å²) >= 11 is 0. The zero-order valence-corrected chi connectivity index (χ0v) is 10.9. The molecule has 1 saturated carbocycles. The predicted octanol–water partition coefficient (Wildman–Crippen LogP) is 3.26. The maximum Gasteiger partial charge on any atom is 0.220 e. The molecule has 2 heteroatoms. The summed E-state index contributed by atoms with van der Waals surface area (Å²) in [5.41, 5.74) is 0.771. The maximum atomic E-state index is 11.6. The summed E-state index contributed by atoms with van der Waals surface area (Å²) < 4.78 is 0. The Morgan fingerprint density at radius 1 is 1.25 bits per heavy atom. The third-order valence-electron chi connectivity index (χ3n) is 4.82. The topological polar surface area (TPSA) is 29.1 Å². The van der Waals surface area contributed by atoms with Gasteiger partial charge in [0.25, 0.3) is 0 Å². The highest BCUT2D eigenvalue weighted by Crippen LogP contribution is 2.49. The standard InChI is InChI=1S/C14H25NO/c1-4-11-14(10-12(16)15-11)7-5-6-13(2,3)8-9-14/h11H,4-10H2,1-3H3,(H,15,16). The van der Waals surface area contributed by atoms with E-state index in [-0.39, 0.29) is 5.91 Å². The van der Waals surface area contributed by atoms with Crippen LogP contribution in [0.15, 0.2) is 0 Å². The van der Waals surface area contributed by atoms with Crippen LogP contribution in [0.5, 0.6) is 0 Å². The van der Waals surface area contributed by atoms with E-state index < -0.39 is 0 Å². The van der Waals surface area contributed by atoms with Gasteiger partial charge in [0.05, 0.1) is 0 Å². The van der Waals surface area contributed by atoms with E-state index in [1.165, 1.54) is 32.1 Å². The first kappa shape index (κ1) is 11.9. The summed E-state index contributed by atoms with van der Waals surface area (Å²) in [5.74, 6) is 0.284. The molecular formula is C14H25NO. The molecule has 0 aromatic rings. The van der Waals surface area contributed by atoms with Gasteiger partial charge in [-0.2, -0.15) is 0 Å². The molecule has 16 heavy (non-hydrogen) atoms. The molecule has 1 amide bonds. The summed E-state index contributed by atoms with van der Waals surface area (Å²) in [6.45, 7) is 6.95. The first-order chi connectivity index (χ1) is 7.47. The minimum atomic E-state index is 0.284. The van der Waals surface area contributed by atoms with E-state index in [1.54, 1.807) is 0 Å². The summed E-state index contributed by atoms with van der Waals surface area (Å²) in [6.07, 6.45) is 8.23. The summed E-state index contributed by atoms with van der Waals surface area (Å²) in [7, 11) is 0. The highest BCUT2D eigenvalue weighted by molar-refractivity contribution is 5.80. The SMILES string of the molecule is CCC1NC(=O)CC12CCCC(C)(C)CC2. The van der Waals surface area contributed by atoms with Gasteiger partial charge in [-0.05, 0) is 42.9 Å². The second kappa shape index (κ2) is 4.05. The van der Waals surface area contributed by atoms with Crippen molar-refractivity contribution in [3.8, 4) is 0 Å². The smallest absolute Gasteiger partial charge is 0.220 e. The molecule has 2 fully saturated rings. The lowest BCUT2D eigenvalue weighted by atomic mass is 9.72. The minimum Gasteiger partial charge on any atom is -0.353 e. The average Bonchev–Trinajstić information content (AvgIpc) is 2.43. The van der Waals surface area contributed by atoms with Gasteiger partial charge in [0.2, 0.25) is 5.91 Å². The lowest BCUT2D eigenvalue weighted by molar-refractivity contribution is -0.119. The molecule has 2 nitrogen and oxygen atoms in total. The first-order valence-electron chi connectivity index (χ1n) is 6.77. The molecule has 1 aliphatic heterocycles. The average molecular weight is 223 g/mol.